The van der Waals surface area contributed by atoms with E-state index in [1.807, 2.05) is 20.8 Å². The van der Waals surface area contributed by atoms with Crippen LogP contribution in [0.15, 0.2) is 12.2 Å². The number of rotatable bonds is 2. The molecule has 0 fully saturated rings. The van der Waals surface area contributed by atoms with Crippen molar-refractivity contribution >= 4 is 5.78 Å². The van der Waals surface area contributed by atoms with Crippen LogP contribution in [0.2, 0.25) is 0 Å². The molecule has 0 aliphatic rings. The number of hydrogen-bond acceptors (Lipinski definition) is 2. The van der Waals surface area contributed by atoms with Gasteiger partial charge in [-0.2, -0.15) is 0 Å². The van der Waals surface area contributed by atoms with Gasteiger partial charge in [-0.05, 0) is 11.5 Å². The summed E-state index contributed by atoms with van der Waals surface area (Å²) in [5.74, 6) is -0.241. The predicted molar refractivity (Wildman–Crippen MR) is 40.7 cm³/mol. The zero-order valence-corrected chi connectivity index (χ0v) is 6.72. The molecule has 0 amide bonds. The minimum atomic E-state index is -0.396. The molecule has 0 bridgehead atoms. The van der Waals surface area contributed by atoms with Crippen LogP contribution in [0.3, 0.4) is 0 Å². The standard InChI is InChI=1S/C8H14O2/c1-8(2,3)5-4-7(10)6-9/h4-5,9H,6H2,1-3H3/b5-4+. The van der Waals surface area contributed by atoms with Crippen molar-refractivity contribution in [1.82, 2.24) is 0 Å². The molecule has 0 saturated carbocycles. The number of carbonyl (C=O) groups is 1. The summed E-state index contributed by atoms with van der Waals surface area (Å²) >= 11 is 0. The van der Waals surface area contributed by atoms with Crippen molar-refractivity contribution < 1.29 is 9.90 Å². The fourth-order valence-corrected chi connectivity index (χ4v) is 0.396. The molecule has 0 heterocycles. The minimum Gasteiger partial charge on any atom is -0.388 e. The first kappa shape index (κ1) is 9.37. The van der Waals surface area contributed by atoms with Gasteiger partial charge in [0.1, 0.15) is 6.61 Å². The Hall–Kier alpha value is -0.630. The van der Waals surface area contributed by atoms with Gasteiger partial charge in [-0.15, -0.1) is 0 Å². The van der Waals surface area contributed by atoms with Crippen LogP contribution in [0.25, 0.3) is 0 Å². The van der Waals surface area contributed by atoms with Crippen LogP contribution in [-0.4, -0.2) is 17.5 Å². The van der Waals surface area contributed by atoms with Gasteiger partial charge in [-0.25, -0.2) is 0 Å². The summed E-state index contributed by atoms with van der Waals surface area (Å²) in [5, 5.41) is 8.33. The molecule has 2 nitrogen and oxygen atoms in total. The van der Waals surface area contributed by atoms with Crippen molar-refractivity contribution in [2.45, 2.75) is 20.8 Å². The smallest absolute Gasteiger partial charge is 0.180 e. The van der Waals surface area contributed by atoms with Gasteiger partial charge in [0.25, 0.3) is 0 Å². The molecule has 58 valence electrons. The van der Waals surface area contributed by atoms with E-state index in [0.29, 0.717) is 0 Å². The average molecular weight is 142 g/mol. The number of ketones is 1. The van der Waals surface area contributed by atoms with E-state index in [4.69, 9.17) is 5.11 Å². The van der Waals surface area contributed by atoms with Crippen molar-refractivity contribution in [3.05, 3.63) is 12.2 Å². The maximum Gasteiger partial charge on any atom is 0.180 e. The largest absolute Gasteiger partial charge is 0.388 e. The van der Waals surface area contributed by atoms with Crippen LogP contribution >= 0.6 is 0 Å². The number of aliphatic hydroxyl groups is 1. The van der Waals surface area contributed by atoms with Crippen molar-refractivity contribution in [3.63, 3.8) is 0 Å². The van der Waals surface area contributed by atoms with Crippen molar-refractivity contribution in [1.29, 1.82) is 0 Å². The van der Waals surface area contributed by atoms with Gasteiger partial charge in [0, 0.05) is 0 Å². The van der Waals surface area contributed by atoms with E-state index in [9.17, 15) is 4.79 Å². The van der Waals surface area contributed by atoms with Gasteiger partial charge >= 0.3 is 0 Å². The molecule has 0 aliphatic carbocycles. The molecular formula is C8H14O2. The van der Waals surface area contributed by atoms with E-state index in [1.165, 1.54) is 6.08 Å². The zero-order chi connectivity index (χ0) is 8.20. The first-order valence-corrected chi connectivity index (χ1v) is 3.28. The highest BCUT2D eigenvalue weighted by Crippen LogP contribution is 2.13. The Balaban J connectivity index is 3.88. The van der Waals surface area contributed by atoms with Gasteiger partial charge in [-0.1, -0.05) is 26.8 Å². The summed E-state index contributed by atoms with van der Waals surface area (Å²) in [6.07, 6.45) is 3.20. The van der Waals surface area contributed by atoms with Crippen LogP contribution in [0.1, 0.15) is 20.8 Å². The molecule has 0 rings (SSSR count). The van der Waals surface area contributed by atoms with Crippen molar-refractivity contribution in [2.24, 2.45) is 5.41 Å². The number of allylic oxidation sites excluding steroid dienone is 1. The van der Waals surface area contributed by atoms with Crippen LogP contribution in [0, 0.1) is 5.41 Å². The van der Waals surface area contributed by atoms with E-state index >= 15 is 0 Å². The fourth-order valence-electron chi connectivity index (χ4n) is 0.396. The molecule has 0 saturated heterocycles. The Labute approximate surface area is 61.6 Å². The molecule has 0 atom stereocenters. The molecule has 2 heteroatoms. The summed E-state index contributed by atoms with van der Waals surface area (Å²) in [6.45, 7) is 5.59. The maximum absolute atomic E-state index is 10.5. The van der Waals surface area contributed by atoms with Gasteiger partial charge in [0.2, 0.25) is 0 Å². The summed E-state index contributed by atoms with van der Waals surface area (Å²) in [6, 6.07) is 0. The van der Waals surface area contributed by atoms with E-state index in [1.54, 1.807) is 6.08 Å². The molecule has 1 N–H and O–H groups in total. The summed E-state index contributed by atoms with van der Waals surface area (Å²) in [7, 11) is 0. The molecule has 10 heavy (non-hydrogen) atoms. The third kappa shape index (κ3) is 5.51. The normalized spacial score (nSPS) is 12.4. The van der Waals surface area contributed by atoms with E-state index in [2.05, 4.69) is 0 Å². The molecule has 0 aromatic rings. The Bertz CT molecular complexity index is 140. The Morgan fingerprint density at radius 1 is 1.50 bits per heavy atom. The second-order valence-corrected chi connectivity index (χ2v) is 3.32. The quantitative estimate of drug-likeness (QED) is 0.587. The lowest BCUT2D eigenvalue weighted by Gasteiger charge is -2.09. The Morgan fingerprint density at radius 2 is 2.00 bits per heavy atom. The minimum absolute atomic E-state index is 0.0187. The van der Waals surface area contributed by atoms with Crippen LogP contribution in [0.4, 0.5) is 0 Å². The molecule has 0 radical (unpaired) electrons. The second kappa shape index (κ2) is 3.52. The summed E-state index contributed by atoms with van der Waals surface area (Å²) in [5.41, 5.74) is 0.0187. The van der Waals surface area contributed by atoms with Crippen LogP contribution < -0.4 is 0 Å². The van der Waals surface area contributed by atoms with Crippen molar-refractivity contribution in [3.8, 4) is 0 Å². The van der Waals surface area contributed by atoms with Gasteiger partial charge < -0.3 is 5.11 Å². The highest BCUT2D eigenvalue weighted by Gasteiger charge is 2.04. The van der Waals surface area contributed by atoms with Gasteiger partial charge in [0.05, 0.1) is 0 Å². The third-order valence-corrected chi connectivity index (χ3v) is 0.925. The number of carbonyl (C=O) groups excluding carboxylic acids is 1. The van der Waals surface area contributed by atoms with Crippen LogP contribution in [-0.2, 0) is 4.79 Å². The van der Waals surface area contributed by atoms with E-state index < -0.39 is 6.61 Å². The molecular weight excluding hydrogens is 128 g/mol. The molecule has 0 aromatic heterocycles. The second-order valence-electron chi connectivity index (χ2n) is 3.32. The lowest BCUT2D eigenvalue weighted by molar-refractivity contribution is -0.117. The first-order valence-electron chi connectivity index (χ1n) is 3.28. The summed E-state index contributed by atoms with van der Waals surface area (Å²) in [4.78, 5) is 10.5. The highest BCUT2D eigenvalue weighted by molar-refractivity contribution is 5.90. The Kier molecular flexibility index (Phi) is 3.30. The average Bonchev–Trinajstić information content (AvgIpc) is 1.81. The zero-order valence-electron chi connectivity index (χ0n) is 6.72. The lowest BCUT2D eigenvalue weighted by atomic mass is 9.96. The molecule has 0 aliphatic heterocycles. The van der Waals surface area contributed by atoms with Crippen LogP contribution in [0.5, 0.6) is 0 Å². The fraction of sp³-hybridized carbons (Fsp3) is 0.625. The maximum atomic E-state index is 10.5. The highest BCUT2D eigenvalue weighted by atomic mass is 16.3. The van der Waals surface area contributed by atoms with E-state index in [0.717, 1.165) is 0 Å². The molecule has 0 unspecified atom stereocenters. The monoisotopic (exact) mass is 142 g/mol. The predicted octanol–water partition coefficient (Wildman–Crippen LogP) is 1.15. The van der Waals surface area contributed by atoms with E-state index in [-0.39, 0.29) is 11.2 Å². The van der Waals surface area contributed by atoms with Gasteiger partial charge in [-0.3, -0.25) is 4.79 Å². The third-order valence-electron chi connectivity index (χ3n) is 0.925. The lowest BCUT2D eigenvalue weighted by Crippen LogP contribution is -2.03. The first-order chi connectivity index (χ1) is 4.45. The summed E-state index contributed by atoms with van der Waals surface area (Å²) < 4.78 is 0. The molecule has 0 aromatic carbocycles. The van der Waals surface area contributed by atoms with Crippen molar-refractivity contribution in [2.75, 3.05) is 6.61 Å². The number of hydrogen-bond donors (Lipinski definition) is 1. The topological polar surface area (TPSA) is 37.3 Å². The molecule has 0 spiro atoms. The number of aliphatic hydroxyl groups excluding tert-OH is 1. The SMILES string of the molecule is CC(C)(C)/C=C/C(=O)CO. The van der Waals surface area contributed by atoms with Gasteiger partial charge in [0.15, 0.2) is 5.78 Å². The Morgan fingerprint density at radius 3 is 2.30 bits per heavy atom.